The van der Waals surface area contributed by atoms with Crippen LogP contribution in [-0.4, -0.2) is 37.9 Å². The number of allylic oxidation sites excluding steroid dienone is 10. The van der Waals surface area contributed by atoms with Crippen molar-refractivity contribution in [3.05, 3.63) is 60.8 Å². The smallest absolute Gasteiger partial charge is 0.306 e. The van der Waals surface area contributed by atoms with E-state index in [0.29, 0.717) is 19.4 Å². The molecule has 0 unspecified atom stereocenters. The lowest BCUT2D eigenvalue weighted by Crippen LogP contribution is -2.30. The second-order valence-electron chi connectivity index (χ2n) is 18.1. The van der Waals surface area contributed by atoms with Crippen molar-refractivity contribution in [2.24, 2.45) is 0 Å². The number of carbonyl (C=O) groups excluding carboxylic acids is 2. The SMILES string of the molecule is CC/C=C\C/C=C\C/C=C\C/C=C\C/C=C\CCCCCC(=O)O[C@H](COCCCCCCCCCCCCCCCCCC)COC(=O)CCCCCCCCCCCCCC. The van der Waals surface area contributed by atoms with Crippen LogP contribution in [0.1, 0.15) is 271 Å². The number of unbranched alkanes of at least 4 members (excludes halogenated alkanes) is 29. The monoisotopic (exact) mass is 881 g/mol. The number of ether oxygens (including phenoxy) is 3. The van der Waals surface area contributed by atoms with Crippen LogP contribution in [0.25, 0.3) is 0 Å². The van der Waals surface area contributed by atoms with Crippen LogP contribution >= 0.6 is 0 Å². The summed E-state index contributed by atoms with van der Waals surface area (Å²) in [6.07, 6.45) is 68.0. The Morgan fingerprint density at radius 2 is 0.714 bits per heavy atom. The molecule has 0 aliphatic rings. The third-order valence-electron chi connectivity index (χ3n) is 11.8. The highest BCUT2D eigenvalue weighted by molar-refractivity contribution is 5.70. The topological polar surface area (TPSA) is 61.8 Å². The Bertz CT molecular complexity index is 1090. The summed E-state index contributed by atoms with van der Waals surface area (Å²) in [5.74, 6) is -0.422. The molecule has 0 fully saturated rings. The van der Waals surface area contributed by atoms with E-state index in [4.69, 9.17) is 14.2 Å². The molecule has 0 saturated carbocycles. The molecular formula is C58H104O5. The fraction of sp³-hybridized carbons (Fsp3) is 0.793. The Morgan fingerprint density at radius 3 is 1.14 bits per heavy atom. The summed E-state index contributed by atoms with van der Waals surface area (Å²) < 4.78 is 17.4. The summed E-state index contributed by atoms with van der Waals surface area (Å²) in [4.78, 5) is 25.4. The first kappa shape index (κ1) is 60.6. The Balaban J connectivity index is 4.30. The van der Waals surface area contributed by atoms with Gasteiger partial charge in [0.1, 0.15) is 6.61 Å². The van der Waals surface area contributed by atoms with E-state index in [1.54, 1.807) is 0 Å². The van der Waals surface area contributed by atoms with Crippen molar-refractivity contribution in [1.82, 2.24) is 0 Å². The molecule has 63 heavy (non-hydrogen) atoms. The summed E-state index contributed by atoms with van der Waals surface area (Å²) in [6.45, 7) is 7.72. The molecule has 366 valence electrons. The highest BCUT2D eigenvalue weighted by Gasteiger charge is 2.17. The number of hydrogen-bond acceptors (Lipinski definition) is 5. The number of rotatable bonds is 50. The third-order valence-corrected chi connectivity index (χ3v) is 11.8. The van der Waals surface area contributed by atoms with Crippen LogP contribution in [0.3, 0.4) is 0 Å². The maximum Gasteiger partial charge on any atom is 0.306 e. The fourth-order valence-corrected chi connectivity index (χ4v) is 7.77. The van der Waals surface area contributed by atoms with Crippen molar-refractivity contribution in [2.45, 2.75) is 277 Å². The molecule has 0 amide bonds. The van der Waals surface area contributed by atoms with Gasteiger partial charge in [-0.1, -0.05) is 255 Å². The van der Waals surface area contributed by atoms with Gasteiger partial charge in [-0.3, -0.25) is 9.59 Å². The molecule has 0 bridgehead atoms. The molecule has 0 aromatic rings. The Hall–Kier alpha value is -2.40. The molecule has 5 nitrogen and oxygen atoms in total. The van der Waals surface area contributed by atoms with E-state index in [-0.39, 0.29) is 25.2 Å². The van der Waals surface area contributed by atoms with E-state index in [1.807, 2.05) is 0 Å². The van der Waals surface area contributed by atoms with Crippen molar-refractivity contribution < 1.29 is 23.8 Å². The van der Waals surface area contributed by atoms with Crippen LogP contribution in [0.2, 0.25) is 0 Å². The lowest BCUT2D eigenvalue weighted by atomic mass is 10.0. The van der Waals surface area contributed by atoms with Crippen LogP contribution in [0.5, 0.6) is 0 Å². The minimum atomic E-state index is -0.550. The van der Waals surface area contributed by atoms with Gasteiger partial charge in [0.15, 0.2) is 6.10 Å². The minimum absolute atomic E-state index is 0.0753. The van der Waals surface area contributed by atoms with E-state index in [2.05, 4.69) is 81.5 Å². The average molecular weight is 881 g/mol. The predicted octanol–water partition coefficient (Wildman–Crippen LogP) is 18.5. The van der Waals surface area contributed by atoms with Gasteiger partial charge in [-0.05, 0) is 64.2 Å². The van der Waals surface area contributed by atoms with E-state index < -0.39 is 6.10 Å². The second-order valence-corrected chi connectivity index (χ2v) is 18.1. The van der Waals surface area contributed by atoms with Gasteiger partial charge in [0.25, 0.3) is 0 Å². The van der Waals surface area contributed by atoms with Crippen LogP contribution in [0, 0.1) is 0 Å². The maximum absolute atomic E-state index is 12.8. The Kier molecular flexibility index (Phi) is 51.9. The highest BCUT2D eigenvalue weighted by Crippen LogP contribution is 2.16. The summed E-state index contributed by atoms with van der Waals surface area (Å²) in [7, 11) is 0. The Morgan fingerprint density at radius 1 is 0.365 bits per heavy atom. The first-order chi connectivity index (χ1) is 31.1. The van der Waals surface area contributed by atoms with Gasteiger partial charge < -0.3 is 14.2 Å². The summed E-state index contributed by atoms with van der Waals surface area (Å²) >= 11 is 0. The molecule has 0 spiro atoms. The van der Waals surface area contributed by atoms with E-state index in [1.165, 1.54) is 154 Å². The highest BCUT2D eigenvalue weighted by atomic mass is 16.6. The number of carbonyl (C=O) groups is 2. The molecular weight excluding hydrogens is 777 g/mol. The molecule has 0 aliphatic carbocycles. The van der Waals surface area contributed by atoms with E-state index >= 15 is 0 Å². The van der Waals surface area contributed by atoms with Gasteiger partial charge >= 0.3 is 11.9 Å². The first-order valence-corrected chi connectivity index (χ1v) is 27.3. The summed E-state index contributed by atoms with van der Waals surface area (Å²) in [5.41, 5.74) is 0. The Labute approximate surface area is 392 Å². The van der Waals surface area contributed by atoms with Crippen molar-refractivity contribution in [3.63, 3.8) is 0 Å². The van der Waals surface area contributed by atoms with Gasteiger partial charge in [-0.2, -0.15) is 0 Å². The van der Waals surface area contributed by atoms with Crippen molar-refractivity contribution in [1.29, 1.82) is 0 Å². The largest absolute Gasteiger partial charge is 0.462 e. The normalized spacial score (nSPS) is 12.6. The quantitative estimate of drug-likeness (QED) is 0.0346. The second kappa shape index (κ2) is 53.9. The average Bonchev–Trinajstić information content (AvgIpc) is 3.28. The molecule has 0 aromatic heterocycles. The van der Waals surface area contributed by atoms with Crippen LogP contribution in [-0.2, 0) is 23.8 Å². The molecule has 5 heteroatoms. The van der Waals surface area contributed by atoms with Crippen molar-refractivity contribution in [2.75, 3.05) is 19.8 Å². The minimum Gasteiger partial charge on any atom is -0.462 e. The molecule has 0 heterocycles. The molecule has 0 N–H and O–H groups in total. The number of hydrogen-bond donors (Lipinski definition) is 0. The van der Waals surface area contributed by atoms with Gasteiger partial charge in [0.2, 0.25) is 0 Å². The zero-order valence-corrected chi connectivity index (χ0v) is 42.1. The fourth-order valence-electron chi connectivity index (χ4n) is 7.77. The lowest BCUT2D eigenvalue weighted by Gasteiger charge is -2.18. The maximum atomic E-state index is 12.8. The molecule has 0 saturated heterocycles. The van der Waals surface area contributed by atoms with Gasteiger partial charge in [0, 0.05) is 19.4 Å². The van der Waals surface area contributed by atoms with Gasteiger partial charge in [0.05, 0.1) is 6.61 Å². The lowest BCUT2D eigenvalue weighted by molar-refractivity contribution is -0.163. The third kappa shape index (κ3) is 52.1. The summed E-state index contributed by atoms with van der Waals surface area (Å²) in [6, 6.07) is 0. The zero-order valence-electron chi connectivity index (χ0n) is 42.1. The standard InChI is InChI=1S/C58H104O5/c1-4-7-10-13-16-19-22-25-27-29-30-31-32-34-37-40-43-46-49-52-58(60)63-56(55-62-57(59)51-48-45-42-39-36-24-21-18-15-12-9-6-3)54-61-53-50-47-44-41-38-35-33-28-26-23-20-17-14-11-8-5-2/h7,10,16,19,25,27,30-31,34,37,56H,4-6,8-9,11-15,17-18,20-24,26,28-29,32-33,35-36,38-55H2,1-3H3/b10-7-,19-16-,27-25-,31-30-,37-34-/t56-/m1/s1. The number of esters is 2. The van der Waals surface area contributed by atoms with E-state index in [0.717, 1.165) is 83.5 Å². The molecule has 1 atom stereocenters. The van der Waals surface area contributed by atoms with Gasteiger partial charge in [-0.25, -0.2) is 0 Å². The van der Waals surface area contributed by atoms with E-state index in [9.17, 15) is 9.59 Å². The molecule has 0 aliphatic heterocycles. The van der Waals surface area contributed by atoms with Crippen molar-refractivity contribution in [3.8, 4) is 0 Å². The van der Waals surface area contributed by atoms with Crippen LogP contribution in [0.15, 0.2) is 60.8 Å². The van der Waals surface area contributed by atoms with Crippen molar-refractivity contribution >= 4 is 11.9 Å². The predicted molar refractivity (Wildman–Crippen MR) is 274 cm³/mol. The van der Waals surface area contributed by atoms with Crippen LogP contribution < -0.4 is 0 Å². The van der Waals surface area contributed by atoms with Crippen LogP contribution in [0.4, 0.5) is 0 Å². The molecule has 0 radical (unpaired) electrons. The molecule has 0 aromatic carbocycles. The van der Waals surface area contributed by atoms with Gasteiger partial charge in [-0.15, -0.1) is 0 Å². The zero-order chi connectivity index (χ0) is 45.6. The first-order valence-electron chi connectivity index (χ1n) is 27.3. The molecule has 0 rings (SSSR count). The summed E-state index contributed by atoms with van der Waals surface area (Å²) in [5, 5.41) is 0.